The lowest BCUT2D eigenvalue weighted by molar-refractivity contribution is -0.118. The van der Waals surface area contributed by atoms with Gasteiger partial charge in [-0.3, -0.25) is 9.59 Å². The summed E-state index contributed by atoms with van der Waals surface area (Å²) in [6, 6.07) is 18.6. The molecule has 0 radical (unpaired) electrons. The molecule has 6 heteroatoms. The molecule has 1 N–H and O–H groups in total. The largest absolute Gasteiger partial charge is 0.484 e. The molecule has 0 saturated heterocycles. The van der Waals surface area contributed by atoms with Crippen molar-refractivity contribution < 1.29 is 18.7 Å². The number of fused-ring (bicyclic) bond motifs is 1. The molecule has 1 aromatic heterocycles. The fraction of sp³-hybridized carbons (Fsp3) is 0.290. The van der Waals surface area contributed by atoms with Gasteiger partial charge in [0, 0.05) is 11.8 Å². The number of nitrogens with one attached hydrogen (secondary N) is 1. The van der Waals surface area contributed by atoms with Crippen molar-refractivity contribution in [3.05, 3.63) is 93.8 Å². The second kappa shape index (κ2) is 11.3. The summed E-state index contributed by atoms with van der Waals surface area (Å²) in [5, 5.41) is 3.42. The minimum atomic E-state index is -0.275. The van der Waals surface area contributed by atoms with E-state index < -0.39 is 0 Å². The predicted molar refractivity (Wildman–Crippen MR) is 147 cm³/mol. The predicted octanol–water partition coefficient (Wildman–Crippen LogP) is 7.41. The van der Waals surface area contributed by atoms with Gasteiger partial charge in [0.1, 0.15) is 23.3 Å². The van der Waals surface area contributed by atoms with Gasteiger partial charge in [0.2, 0.25) is 11.2 Å². The van der Waals surface area contributed by atoms with Crippen LogP contribution in [0.5, 0.6) is 17.2 Å². The summed E-state index contributed by atoms with van der Waals surface area (Å²) in [6.45, 7) is 10.3. The van der Waals surface area contributed by atoms with E-state index in [1.165, 1.54) is 6.26 Å². The smallest absolute Gasteiger partial charge is 0.262 e. The Bertz CT molecular complexity index is 1440. The number of amides is 1. The summed E-state index contributed by atoms with van der Waals surface area (Å²) in [6.07, 6.45) is 2.09. The maximum absolute atomic E-state index is 13.0. The van der Waals surface area contributed by atoms with E-state index in [-0.39, 0.29) is 35.5 Å². The summed E-state index contributed by atoms with van der Waals surface area (Å²) >= 11 is 0. The van der Waals surface area contributed by atoms with Crippen LogP contribution in [-0.4, -0.2) is 12.5 Å². The molecule has 0 aliphatic heterocycles. The highest BCUT2D eigenvalue weighted by atomic mass is 16.5. The molecule has 0 atom stereocenters. The molecule has 0 aliphatic carbocycles. The van der Waals surface area contributed by atoms with E-state index in [1.54, 1.807) is 18.2 Å². The molecule has 3 aromatic carbocycles. The molecule has 0 unspecified atom stereocenters. The minimum absolute atomic E-state index is 0.117. The van der Waals surface area contributed by atoms with E-state index >= 15 is 0 Å². The van der Waals surface area contributed by atoms with Gasteiger partial charge in [-0.2, -0.15) is 0 Å². The van der Waals surface area contributed by atoms with E-state index in [9.17, 15) is 9.59 Å². The first-order chi connectivity index (χ1) is 17.8. The monoisotopic (exact) mass is 499 g/mol. The first kappa shape index (κ1) is 26.0. The number of hydrogen-bond donors (Lipinski definition) is 1. The Kier molecular flexibility index (Phi) is 7.97. The highest BCUT2D eigenvalue weighted by Gasteiger charge is 2.17. The van der Waals surface area contributed by atoms with Crippen LogP contribution in [0.4, 0.5) is 5.69 Å². The first-order valence-electron chi connectivity index (χ1n) is 12.6. The van der Waals surface area contributed by atoms with Crippen molar-refractivity contribution in [2.75, 3.05) is 11.9 Å². The van der Waals surface area contributed by atoms with Gasteiger partial charge in [-0.05, 0) is 53.1 Å². The second-order valence-electron chi connectivity index (χ2n) is 9.61. The molecule has 0 aliphatic rings. The maximum atomic E-state index is 13.0. The van der Waals surface area contributed by atoms with Gasteiger partial charge < -0.3 is 19.2 Å². The van der Waals surface area contributed by atoms with Crippen molar-refractivity contribution in [1.82, 2.24) is 0 Å². The number of anilines is 1. The lowest BCUT2D eigenvalue weighted by atomic mass is 9.92. The van der Waals surface area contributed by atoms with Crippen LogP contribution < -0.4 is 20.2 Å². The van der Waals surface area contributed by atoms with Gasteiger partial charge in [-0.1, -0.05) is 71.0 Å². The number of para-hydroxylation sites is 2. The van der Waals surface area contributed by atoms with Crippen LogP contribution in [0.25, 0.3) is 11.0 Å². The molecule has 0 saturated carbocycles. The highest BCUT2D eigenvalue weighted by Crippen LogP contribution is 2.32. The zero-order valence-corrected chi connectivity index (χ0v) is 22.0. The van der Waals surface area contributed by atoms with E-state index in [0.717, 1.165) is 28.8 Å². The Labute approximate surface area is 217 Å². The van der Waals surface area contributed by atoms with Crippen molar-refractivity contribution in [3.8, 4) is 17.2 Å². The Morgan fingerprint density at radius 1 is 0.919 bits per heavy atom. The quantitative estimate of drug-likeness (QED) is 0.259. The summed E-state index contributed by atoms with van der Waals surface area (Å²) in [7, 11) is 0. The average Bonchev–Trinajstić information content (AvgIpc) is 2.89. The number of carbonyl (C=O) groups excluding carboxylic acids is 1. The third-order valence-corrected chi connectivity index (χ3v) is 6.30. The highest BCUT2D eigenvalue weighted by molar-refractivity contribution is 5.94. The zero-order chi connectivity index (χ0) is 26.5. The van der Waals surface area contributed by atoms with Crippen molar-refractivity contribution in [3.63, 3.8) is 0 Å². The van der Waals surface area contributed by atoms with Crippen LogP contribution in [0.1, 0.15) is 63.1 Å². The number of aryl methyl sites for hydroxylation is 1. The van der Waals surface area contributed by atoms with Gasteiger partial charge in [-0.25, -0.2) is 0 Å². The Hall–Kier alpha value is -4.06. The van der Waals surface area contributed by atoms with Gasteiger partial charge in [0.05, 0.1) is 5.39 Å². The summed E-state index contributed by atoms with van der Waals surface area (Å²) in [4.78, 5) is 25.8. The third kappa shape index (κ3) is 5.85. The molecular formula is C31H33NO5. The fourth-order valence-electron chi connectivity index (χ4n) is 4.28. The lowest BCUT2D eigenvalue weighted by Crippen LogP contribution is -2.22. The first-order valence-corrected chi connectivity index (χ1v) is 12.6. The summed E-state index contributed by atoms with van der Waals surface area (Å²) in [5.41, 5.74) is 4.11. The van der Waals surface area contributed by atoms with E-state index in [2.05, 4.69) is 33.0 Å². The number of hydrogen-bond acceptors (Lipinski definition) is 5. The third-order valence-electron chi connectivity index (χ3n) is 6.30. The Morgan fingerprint density at radius 2 is 1.62 bits per heavy atom. The maximum Gasteiger partial charge on any atom is 0.262 e. The average molecular weight is 500 g/mol. The second-order valence-corrected chi connectivity index (χ2v) is 9.61. The van der Waals surface area contributed by atoms with Crippen molar-refractivity contribution in [1.29, 1.82) is 0 Å². The van der Waals surface area contributed by atoms with Gasteiger partial charge in [0.25, 0.3) is 5.91 Å². The van der Waals surface area contributed by atoms with Crippen LogP contribution in [0.3, 0.4) is 0 Å². The molecular weight excluding hydrogens is 466 g/mol. The van der Waals surface area contributed by atoms with Gasteiger partial charge in [0.15, 0.2) is 6.61 Å². The molecule has 37 heavy (non-hydrogen) atoms. The Balaban J connectivity index is 1.49. The SMILES string of the molecule is CCc1ccccc1Oc1coc2cc(OCC(=O)Nc3c(C(C)C)cccc3C(C)C)ccc2c1=O. The molecule has 4 aromatic rings. The van der Waals surface area contributed by atoms with Crippen LogP contribution in [0.2, 0.25) is 0 Å². The fourth-order valence-corrected chi connectivity index (χ4v) is 4.28. The number of ether oxygens (including phenoxy) is 2. The van der Waals surface area contributed by atoms with E-state index in [4.69, 9.17) is 13.9 Å². The van der Waals surface area contributed by atoms with E-state index in [0.29, 0.717) is 22.5 Å². The topological polar surface area (TPSA) is 77.8 Å². The zero-order valence-electron chi connectivity index (χ0n) is 22.0. The molecule has 4 rings (SSSR count). The van der Waals surface area contributed by atoms with Gasteiger partial charge >= 0.3 is 0 Å². The van der Waals surface area contributed by atoms with Crippen LogP contribution in [-0.2, 0) is 11.2 Å². The van der Waals surface area contributed by atoms with Crippen molar-refractivity contribution in [2.45, 2.75) is 52.9 Å². The van der Waals surface area contributed by atoms with Crippen LogP contribution in [0, 0.1) is 0 Å². The van der Waals surface area contributed by atoms with Crippen molar-refractivity contribution >= 4 is 22.6 Å². The molecule has 1 heterocycles. The minimum Gasteiger partial charge on any atom is -0.484 e. The normalized spacial score (nSPS) is 11.2. The molecule has 192 valence electrons. The van der Waals surface area contributed by atoms with Crippen LogP contribution >= 0.6 is 0 Å². The lowest BCUT2D eigenvalue weighted by Gasteiger charge is -2.20. The molecule has 1 amide bonds. The molecule has 0 fully saturated rings. The number of rotatable bonds is 9. The van der Waals surface area contributed by atoms with E-state index in [1.807, 2.05) is 49.4 Å². The molecule has 6 nitrogen and oxygen atoms in total. The molecule has 0 bridgehead atoms. The number of carbonyl (C=O) groups is 1. The van der Waals surface area contributed by atoms with Crippen molar-refractivity contribution in [2.24, 2.45) is 0 Å². The summed E-state index contributed by atoms with van der Waals surface area (Å²) in [5.74, 6) is 1.45. The standard InChI is InChI=1S/C31H33NO5/c1-6-21-10-7-8-13-26(21)37-28-17-36-27-16-22(14-15-25(27)31(28)34)35-18-29(33)32-30-23(19(2)3)11-9-12-24(30)20(4)5/h7-17,19-20H,6,18H2,1-5H3,(H,32,33). The molecule has 0 spiro atoms. The number of benzene rings is 3. The summed E-state index contributed by atoms with van der Waals surface area (Å²) < 4.78 is 17.3. The van der Waals surface area contributed by atoms with Crippen LogP contribution in [0.15, 0.2) is 76.1 Å². The van der Waals surface area contributed by atoms with Gasteiger partial charge in [-0.15, -0.1) is 0 Å². The Morgan fingerprint density at radius 3 is 2.30 bits per heavy atom.